The highest BCUT2D eigenvalue weighted by Crippen LogP contribution is 1.92. The van der Waals surface area contributed by atoms with Gasteiger partial charge in [-0.05, 0) is 95.1 Å². The molecule has 0 aliphatic carbocycles. The number of imidazole rings is 1. The normalized spacial score (nSPS) is 8.05. The van der Waals surface area contributed by atoms with Crippen molar-refractivity contribution in [1.29, 1.82) is 0 Å². The molecular weight excluding hydrogens is 1380 g/mol. The maximum Gasteiger partial charge on any atom is 0.203 e. The van der Waals surface area contributed by atoms with Crippen LogP contribution in [0.3, 0.4) is 0 Å². The van der Waals surface area contributed by atoms with Crippen molar-refractivity contribution in [2.24, 2.45) is 7.05 Å². The number of thiophene rings is 1. The van der Waals surface area contributed by atoms with Crippen molar-refractivity contribution in [2.75, 3.05) is 0 Å². The lowest BCUT2D eigenvalue weighted by atomic mass is 10.4. The molecule has 0 atom stereocenters. The zero-order valence-corrected chi connectivity index (χ0v) is 57.2. The van der Waals surface area contributed by atoms with E-state index in [9.17, 15) is 0 Å². The minimum atomic E-state index is 1.21. The van der Waals surface area contributed by atoms with Gasteiger partial charge in [-0.15, -0.1) is 43.1 Å². The highest BCUT2D eigenvalue weighted by Gasteiger charge is 1.70. The third-order valence-electron chi connectivity index (χ3n) is 7.87. The molecular formula is C63H69N27O5S5. The van der Waals surface area contributed by atoms with Crippen molar-refractivity contribution in [2.45, 2.75) is 0 Å². The fraction of sp³-hybridized carbons (Fsp3) is 0.0159. The van der Waals surface area contributed by atoms with Crippen LogP contribution in [0.25, 0.3) is 0 Å². The van der Waals surface area contributed by atoms with E-state index in [1.54, 1.807) is 182 Å². The number of aromatic nitrogens is 27. The summed E-state index contributed by atoms with van der Waals surface area (Å²) in [5, 5.41) is 50.6. The molecule has 0 radical (unpaired) electrons. The van der Waals surface area contributed by atoms with Gasteiger partial charge in [0.2, 0.25) is 12.8 Å². The molecule has 0 spiro atoms. The average molecular weight is 1440 g/mol. The first-order chi connectivity index (χ1) is 49.9. The largest absolute Gasteiger partial charge is 0.473 e. The van der Waals surface area contributed by atoms with Gasteiger partial charge in [-0.2, -0.15) is 40.5 Å². The highest BCUT2D eigenvalue weighted by atomic mass is 32.1. The Labute approximate surface area is 594 Å². The fourth-order valence-electron chi connectivity index (χ4n) is 4.14. The topological polar surface area (TPSA) is 417 Å². The predicted molar refractivity (Wildman–Crippen MR) is 381 cm³/mol. The van der Waals surface area contributed by atoms with Gasteiger partial charge in [0.15, 0.2) is 6.39 Å². The number of nitrogens with zero attached hydrogens (tertiary/aromatic N) is 23. The van der Waals surface area contributed by atoms with Gasteiger partial charge in [0.25, 0.3) is 0 Å². The molecule has 100 heavy (non-hydrogen) atoms. The smallest absolute Gasteiger partial charge is 0.203 e. The number of H-pyrrole nitrogens is 4. The van der Waals surface area contributed by atoms with E-state index in [1.165, 1.54) is 97.7 Å². The predicted octanol–water partition coefficient (Wildman–Crippen LogP) is 13.7. The van der Waals surface area contributed by atoms with Crippen LogP contribution in [-0.4, -0.2) is 134 Å². The maximum absolute atomic E-state index is 4.58. The van der Waals surface area contributed by atoms with Crippen LogP contribution in [0, 0.1) is 0 Å². The quantitative estimate of drug-likeness (QED) is 0.110. The Hall–Kier alpha value is -13.4. The summed E-state index contributed by atoms with van der Waals surface area (Å²) in [5.74, 6) is 0. The van der Waals surface area contributed by atoms with Crippen LogP contribution in [0.15, 0.2) is 400 Å². The molecule has 18 heterocycles. The van der Waals surface area contributed by atoms with E-state index < -0.39 is 0 Å². The van der Waals surface area contributed by atoms with E-state index in [0.717, 1.165) is 0 Å². The van der Waals surface area contributed by atoms with Crippen molar-refractivity contribution in [3.63, 3.8) is 0 Å². The van der Waals surface area contributed by atoms with Crippen molar-refractivity contribution in [3.8, 4) is 0 Å². The number of nitrogens with one attached hydrogen (secondary N) is 4. The van der Waals surface area contributed by atoms with Crippen molar-refractivity contribution >= 4 is 57.3 Å². The highest BCUT2D eigenvalue weighted by molar-refractivity contribution is 7.08. The van der Waals surface area contributed by atoms with Crippen LogP contribution < -0.4 is 0 Å². The molecule has 0 bridgehead atoms. The van der Waals surface area contributed by atoms with Crippen LogP contribution in [0.5, 0.6) is 0 Å². The summed E-state index contributed by atoms with van der Waals surface area (Å²) < 4.78 is 34.9. The Kier molecular flexibility index (Phi) is 67.6. The number of aromatic amines is 4. The SMILES string of the molecule is Cn1cccc1.c1c[nH]cn1.c1cc[nH]c1.c1ccccc1.c1ccnnc1.c1ccoc1.c1ccsc1.c1cn[nH]c1.c1cnccn1.c1cncnc1.c1cnoc1.c1cnon1.c1cnsc1.c1cnsn1.c1cocn1.c1cscn1.c1nc[nH]n1.c1nnco1.c1nncs1. The number of benzene rings is 1. The number of hydrogen-bond donors (Lipinski definition) is 4. The molecule has 37 heteroatoms. The standard InChI is InChI=1S/C6H6.C5H7N.3C4H4N2.C4H5N.C4H4O.C4H4S.2C3H4N2.2C3H3NO.2C3H3NS.C2H3N3.2C2H2N2O.2C2H2N2S/c1-2-4-6-5-3-1;1-6-4-2-3-5-6;1-2-6-4-3-5-1;1-2-5-4-6-3-1;1-2-4-6-5-3-1;3*1-2-4-5-3-1;1-2-5-3-4-1;1-2-4-5-3-1;1-2-5-3-4-1;1-2-4-5-3-1;1-2-5-3-4-1;1-2-4-5-3-1;1-3-2-5-4-1;1-3-4-2-5-1;1-2-4-5-3-1;1-3-4-2-5-1;1-2-4-5-3-1/h1-6H;2-5H,1H3;3*1-4H;1-5H;2*1-4H;2*1-3H,(H,4,5);4*1-3H;1-2H,(H,3,4,5);4*1-2H. The zero-order chi connectivity index (χ0) is 70.9. The summed E-state index contributed by atoms with van der Waals surface area (Å²) in [5.41, 5.74) is 5.15. The van der Waals surface area contributed by atoms with Gasteiger partial charge >= 0.3 is 0 Å². The molecule has 1 aromatic carbocycles. The van der Waals surface area contributed by atoms with E-state index in [1.807, 2.05) is 167 Å². The van der Waals surface area contributed by atoms with E-state index in [2.05, 4.69) is 152 Å². The van der Waals surface area contributed by atoms with Crippen LogP contribution in [0.1, 0.15) is 0 Å². The maximum atomic E-state index is 4.58. The minimum absolute atomic E-state index is 1.21. The Morgan fingerprint density at radius 2 is 1.01 bits per heavy atom. The van der Waals surface area contributed by atoms with Gasteiger partial charge in [0, 0.05) is 129 Å². The molecule has 0 unspecified atom stereocenters. The van der Waals surface area contributed by atoms with Crippen molar-refractivity contribution in [3.05, 3.63) is 378 Å². The Morgan fingerprint density at radius 1 is 0.320 bits per heavy atom. The molecule has 0 fully saturated rings. The van der Waals surface area contributed by atoms with Crippen LogP contribution in [0.2, 0.25) is 0 Å². The minimum Gasteiger partial charge on any atom is -0.473 e. The first kappa shape index (κ1) is 84.7. The average Bonchev–Trinajstić information content (AvgIpc) is 4.58. The van der Waals surface area contributed by atoms with E-state index in [-0.39, 0.29) is 0 Å². The lowest BCUT2D eigenvalue weighted by molar-refractivity contribution is 0.307. The molecule has 0 saturated heterocycles. The lowest BCUT2D eigenvalue weighted by Crippen LogP contribution is -1.75. The second-order valence-corrected chi connectivity index (χ2v) is 18.5. The van der Waals surface area contributed by atoms with Crippen molar-refractivity contribution < 1.29 is 22.4 Å². The summed E-state index contributed by atoms with van der Waals surface area (Å²) in [7, 11) is 2.00. The number of aryl methyl sites for hydroxylation is 1. The number of rotatable bonds is 0. The lowest BCUT2D eigenvalue weighted by Gasteiger charge is -1.79. The molecule has 19 rings (SSSR count). The second-order valence-electron chi connectivity index (χ2n) is 14.9. The molecule has 19 aromatic rings. The van der Waals surface area contributed by atoms with Gasteiger partial charge in [0.1, 0.15) is 42.5 Å². The number of oxazole rings is 1. The van der Waals surface area contributed by atoms with Crippen LogP contribution in [0.4, 0.5) is 0 Å². The first-order valence-corrected chi connectivity index (χ1v) is 32.3. The molecule has 32 nitrogen and oxygen atoms in total. The molecule has 18 aromatic heterocycles. The summed E-state index contributed by atoms with van der Waals surface area (Å²) in [6, 6.07) is 38.5. The van der Waals surface area contributed by atoms with Gasteiger partial charge in [-0.3, -0.25) is 25.1 Å². The van der Waals surface area contributed by atoms with Gasteiger partial charge in [-0.25, -0.2) is 33.9 Å². The monoisotopic (exact) mass is 1440 g/mol. The van der Waals surface area contributed by atoms with Gasteiger partial charge < -0.3 is 32.3 Å². The molecule has 0 amide bonds. The molecule has 516 valence electrons. The fourth-order valence-corrected chi connectivity index (χ4v) is 5.84. The van der Waals surface area contributed by atoms with Gasteiger partial charge in [-0.1, -0.05) is 64.0 Å². The van der Waals surface area contributed by atoms with E-state index in [4.69, 9.17) is 0 Å². The zero-order valence-electron chi connectivity index (χ0n) is 53.2. The summed E-state index contributed by atoms with van der Waals surface area (Å²) >= 11 is 7.48. The van der Waals surface area contributed by atoms with Crippen molar-refractivity contribution in [1.82, 2.24) is 134 Å². The number of hydrogen-bond acceptors (Lipinski definition) is 32. The number of thiazole rings is 1. The summed E-state index contributed by atoms with van der Waals surface area (Å²) in [4.78, 5) is 34.9. The first-order valence-electron chi connectivity index (χ1n) is 27.9. The molecule has 0 aliphatic heterocycles. The molecule has 4 N–H and O–H groups in total. The third-order valence-corrected chi connectivity index (χ3v) is 10.4. The Balaban J connectivity index is 0.000000528. The van der Waals surface area contributed by atoms with Crippen LogP contribution >= 0.6 is 57.3 Å². The Morgan fingerprint density at radius 3 is 1.20 bits per heavy atom. The molecule has 0 saturated carbocycles. The van der Waals surface area contributed by atoms with Crippen LogP contribution in [-0.2, 0) is 7.05 Å². The third kappa shape index (κ3) is 77.1. The van der Waals surface area contributed by atoms with Gasteiger partial charge in [0.05, 0.1) is 73.3 Å². The summed E-state index contributed by atoms with van der Waals surface area (Å²) in [6.07, 6.45) is 57.1. The van der Waals surface area contributed by atoms with E-state index >= 15 is 0 Å². The molecule has 0 aliphatic rings. The number of furan rings is 1. The Bertz CT molecular complexity index is 2720. The second kappa shape index (κ2) is 79.9. The van der Waals surface area contributed by atoms with E-state index in [0.29, 0.717) is 0 Å². The summed E-state index contributed by atoms with van der Waals surface area (Å²) in [6.45, 7) is 0.